The first-order valence-corrected chi connectivity index (χ1v) is 10.9. The lowest BCUT2D eigenvalue weighted by atomic mass is 10.1. The summed E-state index contributed by atoms with van der Waals surface area (Å²) in [6, 6.07) is 12.1. The normalized spacial score (nSPS) is 13.6. The molecule has 2 aromatic carbocycles. The number of amides is 2. The van der Waals surface area contributed by atoms with Crippen molar-refractivity contribution in [3.63, 3.8) is 0 Å². The Kier molecular flexibility index (Phi) is 6.27. The minimum atomic E-state index is -4.38. The predicted octanol–water partition coefficient (Wildman–Crippen LogP) is 5.04. The first-order chi connectivity index (χ1) is 15.3. The van der Waals surface area contributed by atoms with Crippen molar-refractivity contribution in [3.05, 3.63) is 70.7 Å². The molecule has 1 aliphatic carbocycles. The van der Waals surface area contributed by atoms with Crippen molar-refractivity contribution in [2.45, 2.75) is 32.0 Å². The van der Waals surface area contributed by atoms with E-state index < -0.39 is 11.7 Å². The van der Waals surface area contributed by atoms with Gasteiger partial charge in [0.1, 0.15) is 5.01 Å². The van der Waals surface area contributed by atoms with Gasteiger partial charge in [-0.2, -0.15) is 13.2 Å². The van der Waals surface area contributed by atoms with Crippen LogP contribution in [0.25, 0.3) is 10.6 Å². The Hall–Kier alpha value is -3.20. The monoisotopic (exact) mass is 459 g/mol. The van der Waals surface area contributed by atoms with Crippen LogP contribution in [0.2, 0.25) is 0 Å². The lowest BCUT2D eigenvalue weighted by Crippen LogP contribution is -2.24. The van der Waals surface area contributed by atoms with Gasteiger partial charge in [-0.05, 0) is 42.7 Å². The molecule has 0 aliphatic heterocycles. The minimum absolute atomic E-state index is 0.0265. The molecule has 2 amide bonds. The Balaban J connectivity index is 1.30. The lowest BCUT2D eigenvalue weighted by molar-refractivity contribution is -0.137. The maximum atomic E-state index is 12.7. The third-order valence-corrected chi connectivity index (χ3v) is 5.93. The van der Waals surface area contributed by atoms with E-state index in [-0.39, 0.29) is 24.2 Å². The largest absolute Gasteiger partial charge is 0.416 e. The molecule has 3 aromatic rings. The average Bonchev–Trinajstić information content (AvgIpc) is 3.52. The maximum Gasteiger partial charge on any atom is 0.416 e. The molecule has 1 aromatic heterocycles. The number of carbonyl (C=O) groups excluding carboxylic acids is 2. The highest BCUT2D eigenvalue weighted by Crippen LogP contribution is 2.32. The molecule has 1 aliphatic rings. The molecule has 1 saturated carbocycles. The van der Waals surface area contributed by atoms with Gasteiger partial charge < -0.3 is 10.6 Å². The van der Waals surface area contributed by atoms with Crippen molar-refractivity contribution < 1.29 is 22.8 Å². The number of carbonyl (C=O) groups is 2. The van der Waals surface area contributed by atoms with Gasteiger partial charge in [-0.1, -0.05) is 24.3 Å². The van der Waals surface area contributed by atoms with Gasteiger partial charge in [-0.15, -0.1) is 11.3 Å². The van der Waals surface area contributed by atoms with Crippen LogP contribution in [-0.2, 0) is 28.7 Å². The fourth-order valence-electron chi connectivity index (χ4n) is 3.10. The van der Waals surface area contributed by atoms with Crippen LogP contribution in [0, 0.1) is 5.92 Å². The second kappa shape index (κ2) is 9.12. The molecular weight excluding hydrogens is 439 g/mol. The zero-order valence-electron chi connectivity index (χ0n) is 16.9. The van der Waals surface area contributed by atoms with E-state index in [0.29, 0.717) is 28.5 Å². The van der Waals surface area contributed by atoms with Crippen LogP contribution in [0.4, 0.5) is 18.9 Å². The Bertz CT molecular complexity index is 1120. The number of anilines is 1. The Morgan fingerprint density at radius 1 is 1.09 bits per heavy atom. The number of hydrogen-bond donors (Lipinski definition) is 2. The third kappa shape index (κ3) is 5.73. The summed E-state index contributed by atoms with van der Waals surface area (Å²) in [4.78, 5) is 28.6. The van der Waals surface area contributed by atoms with Crippen LogP contribution in [0.1, 0.15) is 29.7 Å². The molecule has 32 heavy (non-hydrogen) atoms. The van der Waals surface area contributed by atoms with Crippen molar-refractivity contribution >= 4 is 28.8 Å². The minimum Gasteiger partial charge on any atom is -0.352 e. The molecule has 2 N–H and O–H groups in total. The van der Waals surface area contributed by atoms with Gasteiger partial charge in [0, 0.05) is 29.1 Å². The van der Waals surface area contributed by atoms with Gasteiger partial charge in [-0.25, -0.2) is 4.98 Å². The van der Waals surface area contributed by atoms with Crippen molar-refractivity contribution in [2.24, 2.45) is 5.92 Å². The van der Waals surface area contributed by atoms with Crippen LogP contribution in [0.5, 0.6) is 0 Å². The highest BCUT2D eigenvalue weighted by Gasteiger charge is 2.30. The van der Waals surface area contributed by atoms with Gasteiger partial charge in [0.25, 0.3) is 0 Å². The van der Waals surface area contributed by atoms with E-state index in [1.807, 2.05) is 24.3 Å². The first-order valence-electron chi connectivity index (χ1n) is 10.1. The number of alkyl halides is 3. The highest BCUT2D eigenvalue weighted by atomic mass is 32.1. The smallest absolute Gasteiger partial charge is 0.352 e. The Labute approximate surface area is 186 Å². The van der Waals surface area contributed by atoms with Crippen LogP contribution >= 0.6 is 11.3 Å². The quantitative estimate of drug-likeness (QED) is 0.520. The van der Waals surface area contributed by atoms with Crippen LogP contribution in [0.3, 0.4) is 0 Å². The fourth-order valence-corrected chi connectivity index (χ4v) is 3.92. The van der Waals surface area contributed by atoms with E-state index in [1.54, 1.807) is 5.38 Å². The molecule has 0 spiro atoms. The zero-order valence-corrected chi connectivity index (χ0v) is 17.7. The van der Waals surface area contributed by atoms with Gasteiger partial charge in [-0.3, -0.25) is 9.59 Å². The summed E-state index contributed by atoms with van der Waals surface area (Å²) >= 11 is 1.27. The van der Waals surface area contributed by atoms with E-state index in [0.717, 1.165) is 30.5 Å². The third-order valence-electron chi connectivity index (χ3n) is 4.98. The number of thiazole rings is 1. The second-order valence-corrected chi connectivity index (χ2v) is 8.49. The molecule has 1 fully saturated rings. The van der Waals surface area contributed by atoms with E-state index in [4.69, 9.17) is 0 Å². The molecule has 166 valence electrons. The summed E-state index contributed by atoms with van der Waals surface area (Å²) in [6.45, 7) is 0.307. The average molecular weight is 459 g/mol. The maximum absolute atomic E-state index is 12.7. The molecule has 0 unspecified atom stereocenters. The van der Waals surface area contributed by atoms with E-state index in [2.05, 4.69) is 15.6 Å². The Morgan fingerprint density at radius 3 is 2.53 bits per heavy atom. The van der Waals surface area contributed by atoms with Gasteiger partial charge in [0.05, 0.1) is 17.7 Å². The van der Waals surface area contributed by atoms with Crippen molar-refractivity contribution in [3.8, 4) is 10.6 Å². The molecular formula is C23H20F3N3O2S. The number of nitrogens with one attached hydrogen (secondary N) is 2. The molecule has 4 rings (SSSR count). The van der Waals surface area contributed by atoms with E-state index >= 15 is 0 Å². The first kappa shape index (κ1) is 22.0. The molecule has 1 heterocycles. The predicted molar refractivity (Wildman–Crippen MR) is 116 cm³/mol. The van der Waals surface area contributed by atoms with Gasteiger partial charge in [0.15, 0.2) is 0 Å². The molecule has 0 atom stereocenters. The van der Waals surface area contributed by atoms with Crippen LogP contribution in [0.15, 0.2) is 53.9 Å². The van der Waals surface area contributed by atoms with Gasteiger partial charge >= 0.3 is 6.18 Å². The van der Waals surface area contributed by atoms with Crippen LogP contribution in [-0.4, -0.2) is 16.8 Å². The molecule has 5 nitrogen and oxygen atoms in total. The summed E-state index contributed by atoms with van der Waals surface area (Å²) in [5.74, 6) is -0.0795. The summed E-state index contributed by atoms with van der Waals surface area (Å²) in [5, 5.41) is 7.98. The molecule has 0 saturated heterocycles. The summed E-state index contributed by atoms with van der Waals surface area (Å²) < 4.78 is 38.1. The van der Waals surface area contributed by atoms with Crippen molar-refractivity contribution in [2.75, 3.05) is 5.32 Å². The zero-order chi connectivity index (χ0) is 22.7. The number of aromatic nitrogens is 1. The number of halogens is 3. The molecule has 0 bridgehead atoms. The molecule has 0 radical (unpaired) electrons. The van der Waals surface area contributed by atoms with Gasteiger partial charge in [0.2, 0.25) is 11.8 Å². The second-order valence-electron chi connectivity index (χ2n) is 7.64. The van der Waals surface area contributed by atoms with E-state index in [9.17, 15) is 22.8 Å². The number of rotatable bonds is 7. The van der Waals surface area contributed by atoms with Crippen molar-refractivity contribution in [1.29, 1.82) is 0 Å². The van der Waals surface area contributed by atoms with E-state index in [1.165, 1.54) is 23.5 Å². The molecule has 9 heteroatoms. The topological polar surface area (TPSA) is 71.1 Å². The SMILES string of the molecule is O=C(Cc1csc(-c2ccc(C(F)(F)F)cc2)n1)NCc1cccc(NC(=O)C2CC2)c1. The number of nitrogens with zero attached hydrogens (tertiary/aromatic N) is 1. The number of benzene rings is 2. The highest BCUT2D eigenvalue weighted by molar-refractivity contribution is 7.13. The van der Waals surface area contributed by atoms with Crippen LogP contribution < -0.4 is 10.6 Å². The summed E-state index contributed by atoms with van der Waals surface area (Å²) in [6.07, 6.45) is -2.46. The standard InChI is InChI=1S/C23H20F3N3O2S/c24-23(25,26)17-8-6-16(7-9-17)22-29-19(13-32-22)11-20(30)27-12-14-2-1-3-18(10-14)28-21(31)15-4-5-15/h1-3,6-10,13,15H,4-5,11-12H2,(H,27,30)(H,28,31). The summed E-state index contributed by atoms with van der Waals surface area (Å²) in [7, 11) is 0. The van der Waals surface area contributed by atoms with Crippen molar-refractivity contribution in [1.82, 2.24) is 10.3 Å². The lowest BCUT2D eigenvalue weighted by Gasteiger charge is -2.08. The summed E-state index contributed by atoms with van der Waals surface area (Å²) in [5.41, 5.74) is 1.96. The fraction of sp³-hybridized carbons (Fsp3) is 0.261. The number of hydrogen-bond acceptors (Lipinski definition) is 4. The Morgan fingerprint density at radius 2 is 1.84 bits per heavy atom.